The van der Waals surface area contributed by atoms with E-state index in [0.29, 0.717) is 24.7 Å². The summed E-state index contributed by atoms with van der Waals surface area (Å²) in [6, 6.07) is 23.8. The predicted octanol–water partition coefficient (Wildman–Crippen LogP) is 11.0. The molecular formula is C53H72O8. The van der Waals surface area contributed by atoms with Crippen LogP contribution in [0.4, 0.5) is 0 Å². The van der Waals surface area contributed by atoms with Crippen LogP contribution in [0.15, 0.2) is 72.8 Å². The first kappa shape index (κ1) is 49.0. The molecule has 4 rings (SSSR count). The van der Waals surface area contributed by atoms with E-state index in [1.165, 1.54) is 0 Å². The number of carbonyl (C=O) groups is 2. The van der Waals surface area contributed by atoms with Crippen molar-refractivity contribution in [3.05, 3.63) is 117 Å². The Labute approximate surface area is 366 Å². The zero-order valence-electron chi connectivity index (χ0n) is 39.4. The minimum atomic E-state index is -0.276. The molecule has 0 saturated carbocycles. The molecule has 61 heavy (non-hydrogen) atoms. The van der Waals surface area contributed by atoms with E-state index in [9.17, 15) is 19.8 Å². The average molecular weight is 837 g/mol. The Morgan fingerprint density at radius 2 is 0.721 bits per heavy atom. The van der Waals surface area contributed by atoms with Crippen LogP contribution >= 0.6 is 0 Å². The van der Waals surface area contributed by atoms with Crippen molar-refractivity contribution in [3.63, 3.8) is 0 Å². The fraction of sp³-hybridized carbons (Fsp3) is 0.509. The maximum atomic E-state index is 12.9. The van der Waals surface area contributed by atoms with Crippen molar-refractivity contribution in [3.8, 4) is 23.0 Å². The van der Waals surface area contributed by atoms with Gasteiger partial charge in [0.05, 0.1) is 13.2 Å². The van der Waals surface area contributed by atoms with Gasteiger partial charge < -0.3 is 29.2 Å². The molecule has 0 aromatic heterocycles. The van der Waals surface area contributed by atoms with Crippen molar-refractivity contribution in [1.29, 1.82) is 0 Å². The minimum Gasteiger partial charge on any atom is -0.507 e. The van der Waals surface area contributed by atoms with E-state index in [1.54, 1.807) is 0 Å². The van der Waals surface area contributed by atoms with Gasteiger partial charge in [-0.15, -0.1) is 0 Å². The van der Waals surface area contributed by atoms with E-state index < -0.39 is 0 Å². The summed E-state index contributed by atoms with van der Waals surface area (Å²) in [7, 11) is 0. The zero-order valence-corrected chi connectivity index (χ0v) is 39.4. The van der Waals surface area contributed by atoms with E-state index in [1.807, 2.05) is 48.5 Å². The van der Waals surface area contributed by atoms with Crippen LogP contribution in [0.2, 0.25) is 0 Å². The number of benzene rings is 4. The van der Waals surface area contributed by atoms with Gasteiger partial charge in [-0.25, -0.2) is 0 Å². The summed E-state index contributed by atoms with van der Waals surface area (Å²) in [4.78, 5) is 25.7. The monoisotopic (exact) mass is 837 g/mol. The molecule has 0 spiro atoms. The van der Waals surface area contributed by atoms with Crippen LogP contribution < -0.4 is 9.47 Å². The molecule has 8 heteroatoms. The molecule has 0 atom stereocenters. The first-order valence-electron chi connectivity index (χ1n) is 21.6. The fourth-order valence-corrected chi connectivity index (χ4v) is 7.35. The van der Waals surface area contributed by atoms with Crippen molar-refractivity contribution >= 4 is 11.6 Å². The highest BCUT2D eigenvalue weighted by Gasteiger charge is 2.29. The third kappa shape index (κ3) is 13.7. The molecule has 332 valence electrons. The number of carbonyl (C=O) groups excluding carboxylic acids is 2. The number of Topliss-reactive ketones (excluding diaryl/α,β-unsaturated/α-hetero) is 2. The third-order valence-electron chi connectivity index (χ3n) is 11.0. The Morgan fingerprint density at radius 1 is 0.443 bits per heavy atom. The van der Waals surface area contributed by atoms with E-state index in [4.69, 9.17) is 18.9 Å². The van der Waals surface area contributed by atoms with Crippen LogP contribution in [0, 0.1) is 0 Å². The molecule has 4 aromatic rings. The highest BCUT2D eigenvalue weighted by molar-refractivity contribution is 5.83. The first-order chi connectivity index (χ1) is 28.2. The summed E-state index contributed by atoms with van der Waals surface area (Å²) in [6.07, 6.45) is 0.474. The molecule has 8 nitrogen and oxygen atoms in total. The van der Waals surface area contributed by atoms with Crippen LogP contribution in [0.1, 0.15) is 141 Å². The van der Waals surface area contributed by atoms with Gasteiger partial charge in [-0.2, -0.15) is 0 Å². The molecule has 0 unspecified atom stereocenters. The van der Waals surface area contributed by atoms with E-state index >= 15 is 0 Å². The molecular weight excluding hydrogens is 765 g/mol. The number of phenolic OH excluding ortho intramolecular Hbond substituents is 2. The molecule has 4 aromatic carbocycles. The lowest BCUT2D eigenvalue weighted by atomic mass is 9.78. The molecule has 0 radical (unpaired) electrons. The predicted molar refractivity (Wildman–Crippen MR) is 246 cm³/mol. The lowest BCUT2D eigenvalue weighted by Crippen LogP contribution is -2.20. The summed E-state index contributed by atoms with van der Waals surface area (Å²) in [5, 5.41) is 22.0. The van der Waals surface area contributed by atoms with Crippen LogP contribution in [-0.2, 0) is 59.0 Å². The molecule has 0 bridgehead atoms. The Bertz CT molecular complexity index is 1880. The normalized spacial score (nSPS) is 12.7. The summed E-state index contributed by atoms with van der Waals surface area (Å²) >= 11 is 0. The largest absolute Gasteiger partial charge is 0.507 e. The van der Waals surface area contributed by atoms with Gasteiger partial charge in [-0.1, -0.05) is 145 Å². The molecule has 0 amide bonds. The average Bonchev–Trinajstić information content (AvgIpc) is 3.14. The molecule has 0 aliphatic heterocycles. The highest BCUT2D eigenvalue weighted by Crippen LogP contribution is 2.41. The number of ketones is 2. The number of rotatable bonds is 18. The lowest BCUT2D eigenvalue weighted by molar-refractivity contribution is -0.123. The van der Waals surface area contributed by atoms with Crippen LogP contribution in [0.5, 0.6) is 23.0 Å². The molecule has 0 saturated heterocycles. The SMILES string of the molecule is CC(C)(C)c1cc(CC(=O)COCCOc2ccc(C(C)(C)c3ccc(OCCOCC(=O)Cc4cc(C(C)(C)C)c(O)c(C(C)(C)C)c4)cc3)cc2)cc(C(C)(C)C)c1O. The van der Waals surface area contributed by atoms with Gasteiger partial charge in [0.25, 0.3) is 0 Å². The maximum Gasteiger partial charge on any atom is 0.162 e. The first-order valence-corrected chi connectivity index (χ1v) is 21.6. The van der Waals surface area contributed by atoms with E-state index in [-0.39, 0.29) is 77.9 Å². The summed E-state index contributed by atoms with van der Waals surface area (Å²) in [6.45, 7) is 30.3. The molecule has 2 N–H and O–H groups in total. The van der Waals surface area contributed by atoms with Gasteiger partial charge in [0.1, 0.15) is 49.4 Å². The second kappa shape index (κ2) is 19.6. The topological polar surface area (TPSA) is 112 Å². The van der Waals surface area contributed by atoms with Crippen molar-refractivity contribution in [1.82, 2.24) is 0 Å². The van der Waals surface area contributed by atoms with E-state index in [0.717, 1.165) is 56.0 Å². The smallest absolute Gasteiger partial charge is 0.162 e. The molecule has 0 aliphatic rings. The summed E-state index contributed by atoms with van der Waals surface area (Å²) in [5.74, 6) is 2.01. The van der Waals surface area contributed by atoms with Crippen LogP contribution in [-0.4, -0.2) is 61.4 Å². The minimum absolute atomic E-state index is 0.00774. The quantitative estimate of drug-likeness (QED) is 0.0953. The molecule has 0 aliphatic carbocycles. The van der Waals surface area contributed by atoms with Crippen LogP contribution in [0.25, 0.3) is 0 Å². The second-order valence-electron chi connectivity index (χ2n) is 21.0. The second-order valence-corrected chi connectivity index (χ2v) is 21.0. The Morgan fingerprint density at radius 3 is 0.984 bits per heavy atom. The van der Waals surface area contributed by atoms with Gasteiger partial charge in [0.2, 0.25) is 0 Å². The van der Waals surface area contributed by atoms with Gasteiger partial charge in [-0.3, -0.25) is 9.59 Å². The van der Waals surface area contributed by atoms with Crippen molar-refractivity contribution in [2.45, 2.75) is 137 Å². The number of ether oxygens (including phenoxy) is 4. The number of hydrogen-bond acceptors (Lipinski definition) is 8. The number of aromatic hydroxyl groups is 2. The third-order valence-corrected chi connectivity index (χ3v) is 11.0. The van der Waals surface area contributed by atoms with Gasteiger partial charge >= 0.3 is 0 Å². The van der Waals surface area contributed by atoms with Crippen molar-refractivity contribution < 1.29 is 38.7 Å². The van der Waals surface area contributed by atoms with Gasteiger partial charge in [0, 0.05) is 18.3 Å². The fourth-order valence-electron chi connectivity index (χ4n) is 7.35. The Kier molecular flexibility index (Phi) is 15.7. The summed E-state index contributed by atoms with van der Waals surface area (Å²) < 4.78 is 23.2. The standard InChI is InChI=1S/C53H72O8/c1-49(2,3)43-29-35(30-44(47(43)56)50(4,5)6)27-39(54)33-58-23-25-60-41-19-15-37(16-20-41)53(13,14)38-17-21-42(22-18-38)61-26-24-59-34-40(55)28-36-31-45(51(7,8)9)48(57)46(32-36)52(10,11)12/h15-22,29-32,56-57H,23-28,33-34H2,1-14H3. The lowest BCUT2D eigenvalue weighted by Gasteiger charge is -2.28. The van der Waals surface area contributed by atoms with E-state index in [2.05, 4.69) is 121 Å². The highest BCUT2D eigenvalue weighted by atomic mass is 16.5. The number of phenols is 2. The Balaban J connectivity index is 1.19. The maximum absolute atomic E-state index is 12.9. The van der Waals surface area contributed by atoms with Crippen molar-refractivity contribution in [2.75, 3.05) is 39.6 Å². The zero-order chi connectivity index (χ0) is 45.6. The summed E-state index contributed by atoms with van der Waals surface area (Å²) in [5.41, 5.74) is 6.06. The molecule has 0 fully saturated rings. The number of hydrogen-bond donors (Lipinski definition) is 2. The van der Waals surface area contributed by atoms with Crippen molar-refractivity contribution in [2.24, 2.45) is 0 Å². The van der Waals surface area contributed by atoms with Gasteiger partial charge in [-0.05, 0) is 90.4 Å². The van der Waals surface area contributed by atoms with Gasteiger partial charge in [0.15, 0.2) is 11.6 Å². The van der Waals surface area contributed by atoms with Crippen LogP contribution in [0.3, 0.4) is 0 Å². The molecule has 0 heterocycles. The Hall–Kier alpha value is -4.66.